The fourth-order valence-corrected chi connectivity index (χ4v) is 1.54. The smallest absolute Gasteiger partial charge is 0.308 e. The average molecular weight is 218 g/mol. The topological polar surface area (TPSA) is 54.4 Å². The van der Waals surface area contributed by atoms with Crippen molar-refractivity contribution in [3.63, 3.8) is 0 Å². The summed E-state index contributed by atoms with van der Waals surface area (Å²) in [6.07, 6.45) is 2.23. The highest BCUT2D eigenvalue weighted by atomic mass is 32.1. The molecule has 1 N–H and O–H groups in total. The molecule has 0 amide bonds. The van der Waals surface area contributed by atoms with E-state index in [-0.39, 0.29) is 5.78 Å². The van der Waals surface area contributed by atoms with Crippen LogP contribution < -0.4 is 0 Å². The lowest BCUT2D eigenvalue weighted by molar-refractivity contribution is -0.145. The van der Waals surface area contributed by atoms with Crippen molar-refractivity contribution in [1.82, 2.24) is 0 Å². The second-order valence-corrected chi connectivity index (χ2v) is 4.67. The first kappa shape index (κ1) is 13.5. The molecule has 2 unspecified atom stereocenters. The van der Waals surface area contributed by atoms with Crippen LogP contribution >= 0.6 is 12.6 Å². The zero-order valence-electron chi connectivity index (χ0n) is 8.91. The first-order chi connectivity index (χ1) is 6.34. The van der Waals surface area contributed by atoms with Gasteiger partial charge in [0.05, 0.1) is 10.7 Å². The molecule has 14 heavy (non-hydrogen) atoms. The predicted octanol–water partition coefficient (Wildman–Crippen LogP) is 2.15. The van der Waals surface area contributed by atoms with E-state index < -0.39 is 16.6 Å². The summed E-state index contributed by atoms with van der Waals surface area (Å²) in [7, 11) is 0. The number of rotatable bonds is 6. The average Bonchev–Trinajstić information content (AvgIpc) is 2.03. The van der Waals surface area contributed by atoms with E-state index in [1.807, 2.05) is 6.92 Å². The third kappa shape index (κ3) is 3.33. The van der Waals surface area contributed by atoms with Crippen molar-refractivity contribution in [2.75, 3.05) is 0 Å². The molecule has 0 aromatic rings. The summed E-state index contributed by atoms with van der Waals surface area (Å²) in [5, 5.41) is 8.98. The minimum Gasteiger partial charge on any atom is -0.481 e. The minimum atomic E-state index is -1.05. The van der Waals surface area contributed by atoms with Crippen LogP contribution in [0.2, 0.25) is 0 Å². The van der Waals surface area contributed by atoms with Gasteiger partial charge < -0.3 is 5.11 Å². The highest BCUT2D eigenvalue weighted by Crippen LogP contribution is 2.30. The monoisotopic (exact) mass is 218 g/mol. The molecule has 0 radical (unpaired) electrons. The number of carboxylic acids is 1. The fourth-order valence-electron chi connectivity index (χ4n) is 1.30. The van der Waals surface area contributed by atoms with Gasteiger partial charge in [0.1, 0.15) is 5.78 Å². The van der Waals surface area contributed by atoms with Crippen molar-refractivity contribution in [2.45, 2.75) is 44.8 Å². The van der Waals surface area contributed by atoms with E-state index in [2.05, 4.69) is 12.6 Å². The van der Waals surface area contributed by atoms with Crippen LogP contribution in [0.25, 0.3) is 0 Å². The maximum absolute atomic E-state index is 11.2. The zero-order chi connectivity index (χ0) is 11.4. The number of carbonyl (C=O) groups excluding carboxylic acids is 1. The summed E-state index contributed by atoms with van der Waals surface area (Å²) in [6, 6.07) is 0. The number of carbonyl (C=O) groups is 2. The molecule has 0 aliphatic rings. The molecule has 0 fully saturated rings. The molecule has 0 saturated carbocycles. The van der Waals surface area contributed by atoms with E-state index in [9.17, 15) is 9.59 Å². The van der Waals surface area contributed by atoms with E-state index >= 15 is 0 Å². The van der Waals surface area contributed by atoms with Gasteiger partial charge in [-0.25, -0.2) is 0 Å². The zero-order valence-corrected chi connectivity index (χ0v) is 9.80. The Bertz CT molecular complexity index is 223. The molecule has 2 atom stereocenters. The van der Waals surface area contributed by atoms with Crippen molar-refractivity contribution >= 4 is 24.4 Å². The van der Waals surface area contributed by atoms with Gasteiger partial charge in [0.25, 0.3) is 0 Å². The van der Waals surface area contributed by atoms with Crippen molar-refractivity contribution in [1.29, 1.82) is 0 Å². The molecule has 4 heteroatoms. The Morgan fingerprint density at radius 2 is 2.00 bits per heavy atom. The van der Waals surface area contributed by atoms with Crippen molar-refractivity contribution in [2.24, 2.45) is 5.92 Å². The van der Waals surface area contributed by atoms with Crippen LogP contribution in [0.3, 0.4) is 0 Å². The van der Waals surface area contributed by atoms with Crippen LogP contribution in [0.1, 0.15) is 40.0 Å². The van der Waals surface area contributed by atoms with Gasteiger partial charge in [-0.3, -0.25) is 9.59 Å². The Morgan fingerprint density at radius 3 is 2.29 bits per heavy atom. The molecule has 0 aliphatic heterocycles. The van der Waals surface area contributed by atoms with E-state index in [0.717, 1.165) is 12.8 Å². The second kappa shape index (κ2) is 5.39. The third-order valence-electron chi connectivity index (χ3n) is 2.54. The maximum Gasteiger partial charge on any atom is 0.308 e. The SMILES string of the molecule is CCCCC(C(=O)O)C(C)(S)C(C)=O. The molecule has 0 saturated heterocycles. The highest BCUT2D eigenvalue weighted by molar-refractivity contribution is 7.82. The molecule has 3 nitrogen and oxygen atoms in total. The molecule has 82 valence electrons. The second-order valence-electron chi connectivity index (χ2n) is 3.74. The number of ketones is 1. The van der Waals surface area contributed by atoms with Gasteiger partial charge in [0, 0.05) is 0 Å². The lowest BCUT2D eigenvalue weighted by Gasteiger charge is -2.27. The molecule has 0 aromatic carbocycles. The number of thiol groups is 1. The Kier molecular flexibility index (Phi) is 5.19. The van der Waals surface area contributed by atoms with Gasteiger partial charge in [-0.15, -0.1) is 0 Å². The summed E-state index contributed by atoms with van der Waals surface area (Å²) in [5.41, 5.74) is 0. The lowest BCUT2D eigenvalue weighted by Crippen LogP contribution is -2.40. The fraction of sp³-hybridized carbons (Fsp3) is 0.800. The number of aliphatic carboxylic acids is 1. The molecular formula is C10H18O3S. The number of Topliss-reactive ketones (excluding diaryl/α,β-unsaturated/α-hetero) is 1. The van der Waals surface area contributed by atoms with Crippen LogP contribution in [0.4, 0.5) is 0 Å². The summed E-state index contributed by atoms with van der Waals surface area (Å²) in [6.45, 7) is 4.95. The third-order valence-corrected chi connectivity index (χ3v) is 3.16. The molecule has 0 bridgehead atoms. The van der Waals surface area contributed by atoms with Gasteiger partial charge in [0.15, 0.2) is 0 Å². The van der Waals surface area contributed by atoms with Crippen LogP contribution in [-0.2, 0) is 9.59 Å². The quantitative estimate of drug-likeness (QED) is 0.672. The van der Waals surface area contributed by atoms with Gasteiger partial charge in [-0.2, -0.15) is 12.6 Å². The van der Waals surface area contributed by atoms with Gasteiger partial charge in [-0.05, 0) is 20.3 Å². The van der Waals surface area contributed by atoms with Gasteiger partial charge in [0.2, 0.25) is 0 Å². The van der Waals surface area contributed by atoms with E-state index in [1.54, 1.807) is 6.92 Å². The Morgan fingerprint density at radius 1 is 1.50 bits per heavy atom. The van der Waals surface area contributed by atoms with Crippen molar-refractivity contribution in [3.8, 4) is 0 Å². The number of carboxylic acid groups (broad SMARTS) is 1. The van der Waals surface area contributed by atoms with Gasteiger partial charge in [-0.1, -0.05) is 19.8 Å². The van der Waals surface area contributed by atoms with Gasteiger partial charge >= 0.3 is 5.97 Å². The van der Waals surface area contributed by atoms with Crippen LogP contribution in [0.5, 0.6) is 0 Å². The summed E-state index contributed by atoms with van der Waals surface area (Å²) in [4.78, 5) is 22.2. The Hall–Kier alpha value is -0.510. The largest absolute Gasteiger partial charge is 0.481 e. The molecular weight excluding hydrogens is 200 g/mol. The minimum absolute atomic E-state index is 0.190. The molecule has 0 spiro atoms. The number of hydrogen-bond donors (Lipinski definition) is 2. The van der Waals surface area contributed by atoms with E-state index in [4.69, 9.17) is 5.11 Å². The molecule has 0 aliphatic carbocycles. The van der Waals surface area contributed by atoms with Crippen LogP contribution in [0.15, 0.2) is 0 Å². The Labute approximate surface area is 90.3 Å². The summed E-state index contributed by atoms with van der Waals surface area (Å²) >= 11 is 4.16. The molecule has 0 aromatic heterocycles. The highest BCUT2D eigenvalue weighted by Gasteiger charge is 2.39. The lowest BCUT2D eigenvalue weighted by atomic mass is 9.86. The number of unbranched alkanes of at least 4 members (excludes halogenated alkanes) is 1. The van der Waals surface area contributed by atoms with Crippen molar-refractivity contribution < 1.29 is 14.7 Å². The normalized spacial score (nSPS) is 17.1. The predicted molar refractivity (Wildman–Crippen MR) is 58.7 cm³/mol. The first-order valence-electron chi connectivity index (χ1n) is 4.80. The van der Waals surface area contributed by atoms with E-state index in [0.29, 0.717) is 6.42 Å². The standard InChI is InChI=1S/C10H18O3S/c1-4-5-6-8(9(12)13)10(3,14)7(2)11/h8,14H,4-6H2,1-3H3,(H,12,13). The maximum atomic E-state index is 11.2. The number of hydrogen-bond acceptors (Lipinski definition) is 3. The Balaban J connectivity index is 4.64. The van der Waals surface area contributed by atoms with Crippen LogP contribution in [0, 0.1) is 5.92 Å². The van der Waals surface area contributed by atoms with Crippen molar-refractivity contribution in [3.05, 3.63) is 0 Å². The van der Waals surface area contributed by atoms with E-state index in [1.165, 1.54) is 6.92 Å². The van der Waals surface area contributed by atoms with Crippen LogP contribution in [-0.4, -0.2) is 21.6 Å². The molecule has 0 heterocycles. The summed E-state index contributed by atoms with van der Waals surface area (Å²) in [5.74, 6) is -1.82. The first-order valence-corrected chi connectivity index (χ1v) is 5.25. The summed E-state index contributed by atoms with van der Waals surface area (Å²) < 4.78 is -1.05. The molecule has 0 rings (SSSR count).